The lowest BCUT2D eigenvalue weighted by molar-refractivity contribution is -0.121. The molecule has 1 aliphatic rings. The number of nitrogens with one attached hydrogen (secondary N) is 1. The maximum absolute atomic E-state index is 14.2. The van der Waals surface area contributed by atoms with Crippen LogP contribution in [0.1, 0.15) is 50.2 Å². The van der Waals surface area contributed by atoms with Gasteiger partial charge < -0.3 is 14.8 Å². The highest BCUT2D eigenvalue weighted by molar-refractivity contribution is 5.85. The summed E-state index contributed by atoms with van der Waals surface area (Å²) in [4.78, 5) is 15.0. The molecule has 3 aromatic rings. The van der Waals surface area contributed by atoms with Gasteiger partial charge in [-0.3, -0.25) is 4.79 Å². The first-order valence-electron chi connectivity index (χ1n) is 11.9. The van der Waals surface area contributed by atoms with Crippen molar-refractivity contribution in [3.63, 3.8) is 0 Å². The van der Waals surface area contributed by atoms with Crippen LogP contribution >= 0.6 is 0 Å². The number of benzene rings is 2. The fraction of sp³-hybridized carbons (Fsp3) is 0.444. The molecule has 0 radical (unpaired) electrons. The van der Waals surface area contributed by atoms with Gasteiger partial charge in [-0.15, -0.1) is 0 Å². The molecular formula is C27H34FN3O. The first-order valence-corrected chi connectivity index (χ1v) is 11.9. The second-order valence-electron chi connectivity index (χ2n) is 8.98. The molecular weight excluding hydrogens is 401 g/mol. The zero-order valence-electron chi connectivity index (χ0n) is 19.0. The Labute approximate surface area is 190 Å². The van der Waals surface area contributed by atoms with Crippen molar-refractivity contribution in [1.29, 1.82) is 0 Å². The number of rotatable bonds is 9. The molecule has 0 aliphatic carbocycles. The zero-order chi connectivity index (χ0) is 22.3. The van der Waals surface area contributed by atoms with Crippen molar-refractivity contribution in [2.45, 2.75) is 58.0 Å². The SMILES string of the molecule is C[C@H]1CCCCN1CCCNC(=O)CCc1cn(Cc2ccccc2F)c2ccccc12. The van der Waals surface area contributed by atoms with E-state index in [0.717, 1.165) is 36.0 Å². The Kier molecular flexibility index (Phi) is 7.59. The molecule has 1 aliphatic heterocycles. The molecule has 0 saturated carbocycles. The number of fused-ring (bicyclic) bond motifs is 1. The Morgan fingerprint density at radius 2 is 1.91 bits per heavy atom. The van der Waals surface area contributed by atoms with E-state index in [4.69, 9.17) is 0 Å². The number of likely N-dealkylation sites (tertiary alicyclic amines) is 1. The van der Waals surface area contributed by atoms with Gasteiger partial charge in [0.2, 0.25) is 5.91 Å². The Morgan fingerprint density at radius 1 is 1.09 bits per heavy atom. The van der Waals surface area contributed by atoms with Gasteiger partial charge in [0.15, 0.2) is 0 Å². The molecule has 1 aromatic heterocycles. The summed E-state index contributed by atoms with van der Waals surface area (Å²) in [6.07, 6.45) is 8.14. The van der Waals surface area contributed by atoms with E-state index in [1.165, 1.54) is 31.9 Å². The summed E-state index contributed by atoms with van der Waals surface area (Å²) in [5.41, 5.74) is 2.87. The molecule has 170 valence electrons. The van der Waals surface area contributed by atoms with Crippen LogP contribution in [0.15, 0.2) is 54.7 Å². The number of aryl methyl sites for hydroxylation is 1. The van der Waals surface area contributed by atoms with Crippen LogP contribution in [-0.2, 0) is 17.8 Å². The van der Waals surface area contributed by atoms with Crippen LogP contribution in [0.4, 0.5) is 4.39 Å². The maximum Gasteiger partial charge on any atom is 0.220 e. The first kappa shape index (κ1) is 22.5. The average Bonchev–Trinajstić information content (AvgIpc) is 3.15. The number of nitrogens with zero attached hydrogens (tertiary/aromatic N) is 2. The predicted octanol–water partition coefficient (Wildman–Crippen LogP) is 5.14. The van der Waals surface area contributed by atoms with Crippen molar-refractivity contribution in [2.75, 3.05) is 19.6 Å². The number of halogens is 1. The van der Waals surface area contributed by atoms with Gasteiger partial charge in [0.1, 0.15) is 5.82 Å². The molecule has 2 heterocycles. The van der Waals surface area contributed by atoms with Gasteiger partial charge in [0, 0.05) is 48.2 Å². The van der Waals surface area contributed by atoms with Crippen molar-refractivity contribution >= 4 is 16.8 Å². The van der Waals surface area contributed by atoms with Crippen LogP contribution in [0.2, 0.25) is 0 Å². The molecule has 0 unspecified atom stereocenters. The van der Waals surface area contributed by atoms with E-state index in [9.17, 15) is 9.18 Å². The number of amides is 1. The molecule has 1 N–H and O–H groups in total. The smallest absolute Gasteiger partial charge is 0.220 e. The minimum absolute atomic E-state index is 0.0997. The summed E-state index contributed by atoms with van der Waals surface area (Å²) in [5.74, 6) is -0.0900. The number of aromatic nitrogens is 1. The largest absolute Gasteiger partial charge is 0.356 e. The fourth-order valence-electron chi connectivity index (χ4n) is 4.80. The average molecular weight is 436 g/mol. The lowest BCUT2D eigenvalue weighted by Crippen LogP contribution is -2.39. The minimum Gasteiger partial charge on any atom is -0.356 e. The third kappa shape index (κ3) is 5.57. The molecule has 4 rings (SSSR count). The van der Waals surface area contributed by atoms with E-state index in [0.29, 0.717) is 31.0 Å². The molecule has 1 amide bonds. The standard InChI is InChI=1S/C27H34FN3O/c1-21-9-6-7-17-30(21)18-8-16-29-27(32)15-14-22-19-31(26-13-5-3-11-24(22)26)20-23-10-2-4-12-25(23)28/h2-5,10-13,19,21H,6-9,14-18,20H2,1H3,(H,29,32)/t21-/m0/s1. The Hall–Kier alpha value is -2.66. The lowest BCUT2D eigenvalue weighted by Gasteiger charge is -2.33. The second kappa shape index (κ2) is 10.8. The molecule has 0 bridgehead atoms. The quantitative estimate of drug-likeness (QED) is 0.473. The first-order chi connectivity index (χ1) is 15.6. The van der Waals surface area contributed by atoms with E-state index < -0.39 is 0 Å². The van der Waals surface area contributed by atoms with E-state index in [2.05, 4.69) is 40.0 Å². The normalized spacial score (nSPS) is 17.0. The lowest BCUT2D eigenvalue weighted by atomic mass is 10.0. The van der Waals surface area contributed by atoms with Crippen LogP contribution in [0, 0.1) is 5.82 Å². The third-order valence-corrected chi connectivity index (χ3v) is 6.68. The minimum atomic E-state index is -0.190. The highest BCUT2D eigenvalue weighted by atomic mass is 19.1. The van der Waals surface area contributed by atoms with E-state index >= 15 is 0 Å². The van der Waals surface area contributed by atoms with Crippen LogP contribution in [0.5, 0.6) is 0 Å². The summed E-state index contributed by atoms with van der Waals surface area (Å²) in [5, 5.41) is 4.22. The van der Waals surface area contributed by atoms with Gasteiger partial charge in [-0.05, 0) is 56.8 Å². The number of hydrogen-bond donors (Lipinski definition) is 1. The number of carbonyl (C=O) groups is 1. The van der Waals surface area contributed by atoms with Gasteiger partial charge in [-0.1, -0.05) is 42.8 Å². The molecule has 1 fully saturated rings. The van der Waals surface area contributed by atoms with Crippen molar-refractivity contribution in [1.82, 2.24) is 14.8 Å². The van der Waals surface area contributed by atoms with Crippen LogP contribution in [0.25, 0.3) is 10.9 Å². The van der Waals surface area contributed by atoms with E-state index in [-0.39, 0.29) is 11.7 Å². The van der Waals surface area contributed by atoms with E-state index in [1.807, 2.05) is 24.3 Å². The van der Waals surface area contributed by atoms with Crippen molar-refractivity contribution < 1.29 is 9.18 Å². The molecule has 1 atom stereocenters. The predicted molar refractivity (Wildman–Crippen MR) is 128 cm³/mol. The third-order valence-electron chi connectivity index (χ3n) is 6.68. The monoisotopic (exact) mass is 435 g/mol. The Bertz CT molecular complexity index is 1040. The summed E-state index contributed by atoms with van der Waals surface area (Å²) >= 11 is 0. The summed E-state index contributed by atoms with van der Waals surface area (Å²) in [6, 6.07) is 15.7. The second-order valence-corrected chi connectivity index (χ2v) is 8.98. The molecule has 2 aromatic carbocycles. The number of para-hydroxylation sites is 1. The molecule has 1 saturated heterocycles. The topological polar surface area (TPSA) is 37.3 Å². The van der Waals surface area contributed by atoms with Gasteiger partial charge in [0.05, 0.1) is 6.54 Å². The van der Waals surface area contributed by atoms with Gasteiger partial charge in [0.25, 0.3) is 0 Å². The van der Waals surface area contributed by atoms with Gasteiger partial charge >= 0.3 is 0 Å². The van der Waals surface area contributed by atoms with Crippen molar-refractivity contribution in [2.24, 2.45) is 0 Å². The summed E-state index contributed by atoms with van der Waals surface area (Å²) in [7, 11) is 0. The summed E-state index contributed by atoms with van der Waals surface area (Å²) in [6.45, 7) is 5.77. The zero-order valence-corrected chi connectivity index (χ0v) is 19.0. The number of carbonyl (C=O) groups excluding carboxylic acids is 1. The number of piperidine rings is 1. The fourth-order valence-corrected chi connectivity index (χ4v) is 4.80. The highest BCUT2D eigenvalue weighted by Gasteiger charge is 2.17. The van der Waals surface area contributed by atoms with Gasteiger partial charge in [-0.25, -0.2) is 4.39 Å². The molecule has 5 heteroatoms. The van der Waals surface area contributed by atoms with Crippen molar-refractivity contribution in [3.05, 3.63) is 71.7 Å². The highest BCUT2D eigenvalue weighted by Crippen LogP contribution is 2.24. The Morgan fingerprint density at radius 3 is 2.75 bits per heavy atom. The van der Waals surface area contributed by atoms with Gasteiger partial charge in [-0.2, -0.15) is 0 Å². The summed E-state index contributed by atoms with van der Waals surface area (Å²) < 4.78 is 16.2. The molecule has 4 nitrogen and oxygen atoms in total. The van der Waals surface area contributed by atoms with Crippen molar-refractivity contribution in [3.8, 4) is 0 Å². The van der Waals surface area contributed by atoms with Crippen LogP contribution in [-0.4, -0.2) is 41.1 Å². The number of hydrogen-bond acceptors (Lipinski definition) is 2. The van der Waals surface area contributed by atoms with Crippen LogP contribution < -0.4 is 5.32 Å². The van der Waals surface area contributed by atoms with E-state index in [1.54, 1.807) is 6.07 Å². The van der Waals surface area contributed by atoms with Crippen LogP contribution in [0.3, 0.4) is 0 Å². The molecule has 32 heavy (non-hydrogen) atoms. The molecule has 0 spiro atoms. The maximum atomic E-state index is 14.2. The Balaban J connectivity index is 1.31.